The van der Waals surface area contributed by atoms with E-state index >= 15 is 0 Å². The summed E-state index contributed by atoms with van der Waals surface area (Å²) in [7, 11) is 0. The van der Waals surface area contributed by atoms with Crippen LogP contribution in [0.4, 0.5) is 0 Å². The number of rotatable bonds is 6. The highest BCUT2D eigenvalue weighted by atomic mass is 16.5. The predicted octanol–water partition coefficient (Wildman–Crippen LogP) is 0.790. The Bertz CT molecular complexity index is 225. The molecule has 1 heterocycles. The normalized spacial score (nSPS) is 20.4. The zero-order valence-electron chi connectivity index (χ0n) is 10.1. The molecular formula is C12H22N2O2. The van der Waals surface area contributed by atoms with E-state index in [1.165, 1.54) is 0 Å². The third kappa shape index (κ3) is 4.33. The number of carbonyl (C=O) groups excluding carboxylic acids is 1. The van der Waals surface area contributed by atoms with Gasteiger partial charge in [0.25, 0.3) is 0 Å². The van der Waals surface area contributed by atoms with Crippen molar-refractivity contribution in [2.75, 3.05) is 32.8 Å². The minimum absolute atomic E-state index is 0.0328. The average Bonchev–Trinajstić information content (AvgIpc) is 2.30. The third-order valence-corrected chi connectivity index (χ3v) is 2.60. The zero-order valence-corrected chi connectivity index (χ0v) is 10.1. The molecule has 1 aliphatic rings. The number of nitrogens with one attached hydrogen (secondary N) is 1. The van der Waals surface area contributed by atoms with E-state index in [0.29, 0.717) is 19.6 Å². The first-order valence-corrected chi connectivity index (χ1v) is 5.99. The summed E-state index contributed by atoms with van der Waals surface area (Å²) in [4.78, 5) is 13.8. The van der Waals surface area contributed by atoms with Crippen LogP contribution in [0, 0.1) is 0 Å². The van der Waals surface area contributed by atoms with Crippen LogP contribution >= 0.6 is 0 Å². The summed E-state index contributed by atoms with van der Waals surface area (Å²) in [6.45, 7) is 9.54. The molecule has 0 bridgehead atoms. The van der Waals surface area contributed by atoms with E-state index < -0.39 is 0 Å². The lowest BCUT2D eigenvalue weighted by atomic mass is 10.2. The van der Waals surface area contributed by atoms with Crippen LogP contribution < -0.4 is 5.32 Å². The number of carbonyl (C=O) groups is 1. The number of amides is 1. The van der Waals surface area contributed by atoms with Gasteiger partial charge in [0.15, 0.2) is 0 Å². The topological polar surface area (TPSA) is 41.6 Å². The Morgan fingerprint density at radius 3 is 3.06 bits per heavy atom. The van der Waals surface area contributed by atoms with Gasteiger partial charge in [-0.2, -0.15) is 0 Å². The summed E-state index contributed by atoms with van der Waals surface area (Å²) in [6.07, 6.45) is 3.25. The maximum Gasteiger partial charge on any atom is 0.225 e. The first-order chi connectivity index (χ1) is 7.77. The number of morpholine rings is 1. The summed E-state index contributed by atoms with van der Waals surface area (Å²) < 4.78 is 5.52. The highest BCUT2D eigenvalue weighted by Crippen LogP contribution is 2.05. The molecular weight excluding hydrogens is 204 g/mol. The fourth-order valence-corrected chi connectivity index (χ4v) is 1.82. The maximum absolute atomic E-state index is 12.0. The Labute approximate surface area is 97.6 Å². The molecule has 0 saturated carbocycles. The van der Waals surface area contributed by atoms with Gasteiger partial charge in [-0.05, 0) is 6.42 Å². The first kappa shape index (κ1) is 13.2. The summed E-state index contributed by atoms with van der Waals surface area (Å²) >= 11 is 0. The molecule has 4 heteroatoms. The van der Waals surface area contributed by atoms with Crippen molar-refractivity contribution in [3.8, 4) is 0 Å². The molecule has 1 atom stereocenters. The Morgan fingerprint density at radius 1 is 1.69 bits per heavy atom. The molecule has 1 fully saturated rings. The van der Waals surface area contributed by atoms with Crippen LogP contribution in [0.15, 0.2) is 12.7 Å². The third-order valence-electron chi connectivity index (χ3n) is 2.60. The van der Waals surface area contributed by atoms with Crippen LogP contribution in [-0.4, -0.2) is 49.7 Å². The van der Waals surface area contributed by atoms with Gasteiger partial charge in [0.05, 0.1) is 19.1 Å². The Kier molecular flexibility index (Phi) is 6.11. The molecule has 0 aromatic carbocycles. The first-order valence-electron chi connectivity index (χ1n) is 5.99. The van der Waals surface area contributed by atoms with Crippen LogP contribution in [0.1, 0.15) is 19.8 Å². The molecule has 0 radical (unpaired) electrons. The fourth-order valence-electron chi connectivity index (χ4n) is 1.82. The van der Waals surface area contributed by atoms with Crippen molar-refractivity contribution in [3.05, 3.63) is 12.7 Å². The Balaban J connectivity index is 2.37. The van der Waals surface area contributed by atoms with Crippen LogP contribution in [0.5, 0.6) is 0 Å². The second kappa shape index (κ2) is 7.41. The zero-order chi connectivity index (χ0) is 11.8. The second-order valence-corrected chi connectivity index (χ2v) is 4.03. The van der Waals surface area contributed by atoms with Gasteiger partial charge in [0, 0.05) is 26.2 Å². The summed E-state index contributed by atoms with van der Waals surface area (Å²) in [5.74, 6) is 0.162. The van der Waals surface area contributed by atoms with Crippen LogP contribution in [0.3, 0.4) is 0 Å². The number of hydrogen-bond acceptors (Lipinski definition) is 3. The van der Waals surface area contributed by atoms with Gasteiger partial charge in [-0.3, -0.25) is 4.79 Å². The molecule has 0 aromatic heterocycles. The van der Waals surface area contributed by atoms with E-state index in [9.17, 15) is 4.79 Å². The van der Waals surface area contributed by atoms with Gasteiger partial charge in [0.2, 0.25) is 5.91 Å². The monoisotopic (exact) mass is 226 g/mol. The lowest BCUT2D eigenvalue weighted by Gasteiger charge is -2.26. The largest absolute Gasteiger partial charge is 0.375 e. The van der Waals surface area contributed by atoms with Gasteiger partial charge in [0.1, 0.15) is 0 Å². The average molecular weight is 226 g/mol. The van der Waals surface area contributed by atoms with Crippen molar-refractivity contribution in [2.24, 2.45) is 0 Å². The van der Waals surface area contributed by atoms with Crippen LogP contribution in [-0.2, 0) is 9.53 Å². The molecule has 0 aromatic rings. The van der Waals surface area contributed by atoms with Crippen molar-refractivity contribution in [2.45, 2.75) is 25.9 Å². The quantitative estimate of drug-likeness (QED) is 0.681. The molecule has 16 heavy (non-hydrogen) atoms. The number of nitrogens with zero attached hydrogens (tertiary/aromatic N) is 1. The summed E-state index contributed by atoms with van der Waals surface area (Å²) in [5.41, 5.74) is 0. The van der Waals surface area contributed by atoms with Crippen molar-refractivity contribution < 1.29 is 9.53 Å². The van der Waals surface area contributed by atoms with Crippen molar-refractivity contribution in [3.63, 3.8) is 0 Å². The van der Waals surface area contributed by atoms with Gasteiger partial charge in [-0.1, -0.05) is 13.0 Å². The van der Waals surface area contributed by atoms with E-state index in [0.717, 1.165) is 26.1 Å². The summed E-state index contributed by atoms with van der Waals surface area (Å²) in [6, 6.07) is 0. The lowest BCUT2D eigenvalue weighted by molar-refractivity contribution is -0.134. The lowest BCUT2D eigenvalue weighted by Crippen LogP contribution is -2.42. The van der Waals surface area contributed by atoms with E-state index in [1.54, 1.807) is 6.08 Å². The minimum Gasteiger partial charge on any atom is -0.375 e. The highest BCUT2D eigenvalue weighted by Gasteiger charge is 2.20. The second-order valence-electron chi connectivity index (χ2n) is 4.03. The molecule has 1 unspecified atom stereocenters. The fraction of sp³-hybridized carbons (Fsp3) is 0.750. The smallest absolute Gasteiger partial charge is 0.225 e. The van der Waals surface area contributed by atoms with Crippen LogP contribution in [0.25, 0.3) is 0 Å². The molecule has 1 aliphatic heterocycles. The highest BCUT2D eigenvalue weighted by molar-refractivity contribution is 5.76. The van der Waals surface area contributed by atoms with Crippen molar-refractivity contribution in [1.82, 2.24) is 10.2 Å². The molecule has 1 N–H and O–H groups in total. The van der Waals surface area contributed by atoms with E-state index in [4.69, 9.17) is 4.74 Å². The van der Waals surface area contributed by atoms with Gasteiger partial charge >= 0.3 is 0 Å². The molecule has 1 amide bonds. The van der Waals surface area contributed by atoms with E-state index in [2.05, 4.69) is 18.8 Å². The SMILES string of the molecule is C=CCN(CCC)C(=O)CC1CNCCO1. The Morgan fingerprint density at radius 2 is 2.50 bits per heavy atom. The minimum atomic E-state index is 0.0328. The van der Waals surface area contributed by atoms with E-state index in [-0.39, 0.29) is 12.0 Å². The van der Waals surface area contributed by atoms with Crippen molar-refractivity contribution >= 4 is 5.91 Å². The molecule has 1 saturated heterocycles. The van der Waals surface area contributed by atoms with Gasteiger partial charge < -0.3 is 15.0 Å². The van der Waals surface area contributed by atoms with E-state index in [1.807, 2.05) is 4.90 Å². The summed E-state index contributed by atoms with van der Waals surface area (Å²) in [5, 5.41) is 3.23. The molecule has 1 rings (SSSR count). The standard InChI is InChI=1S/C12H22N2O2/c1-3-6-14(7-4-2)12(15)9-11-10-13-5-8-16-11/h3,11,13H,1,4-10H2,2H3. The predicted molar refractivity (Wildman–Crippen MR) is 64.3 cm³/mol. The Hall–Kier alpha value is -0.870. The van der Waals surface area contributed by atoms with Crippen LogP contribution in [0.2, 0.25) is 0 Å². The number of hydrogen-bond donors (Lipinski definition) is 1. The number of ether oxygens (including phenoxy) is 1. The molecule has 92 valence electrons. The maximum atomic E-state index is 12.0. The van der Waals surface area contributed by atoms with Gasteiger partial charge in [-0.25, -0.2) is 0 Å². The molecule has 4 nitrogen and oxygen atoms in total. The molecule has 0 aliphatic carbocycles. The van der Waals surface area contributed by atoms with Gasteiger partial charge in [-0.15, -0.1) is 6.58 Å². The molecule has 0 spiro atoms. The van der Waals surface area contributed by atoms with Crippen molar-refractivity contribution in [1.29, 1.82) is 0 Å².